The second-order valence-corrected chi connectivity index (χ2v) is 8.25. The summed E-state index contributed by atoms with van der Waals surface area (Å²) in [5, 5.41) is 0. The molecular formula is C27H47FO5. The van der Waals surface area contributed by atoms with Crippen LogP contribution in [0.2, 0.25) is 0 Å². The van der Waals surface area contributed by atoms with E-state index in [0.717, 1.165) is 24.3 Å². The Morgan fingerprint density at radius 2 is 1.03 bits per heavy atom. The van der Waals surface area contributed by atoms with Crippen molar-refractivity contribution in [2.75, 3.05) is 59.5 Å². The number of rotatable bonds is 25. The van der Waals surface area contributed by atoms with Crippen molar-refractivity contribution in [3.8, 4) is 5.75 Å². The molecule has 1 rings (SSSR count). The Hall–Kier alpha value is -1.21. The first kappa shape index (κ1) is 29.8. The Morgan fingerprint density at radius 1 is 0.545 bits per heavy atom. The van der Waals surface area contributed by atoms with Gasteiger partial charge in [0.2, 0.25) is 0 Å². The Labute approximate surface area is 201 Å². The molecule has 1 aromatic carbocycles. The monoisotopic (exact) mass is 470 g/mol. The normalized spacial score (nSPS) is 11.2. The molecular weight excluding hydrogens is 423 g/mol. The van der Waals surface area contributed by atoms with Gasteiger partial charge in [-0.25, -0.2) is 4.39 Å². The zero-order valence-corrected chi connectivity index (χ0v) is 20.9. The van der Waals surface area contributed by atoms with Gasteiger partial charge in [0, 0.05) is 0 Å². The maximum Gasteiger partial charge on any atom is 0.119 e. The summed E-state index contributed by atoms with van der Waals surface area (Å²) < 4.78 is 39.1. The van der Waals surface area contributed by atoms with E-state index in [1.807, 2.05) is 24.3 Å². The topological polar surface area (TPSA) is 46.2 Å². The molecule has 5 nitrogen and oxygen atoms in total. The van der Waals surface area contributed by atoms with Crippen LogP contribution < -0.4 is 4.74 Å². The smallest absolute Gasteiger partial charge is 0.119 e. The minimum atomic E-state index is -0.458. The van der Waals surface area contributed by atoms with Crippen LogP contribution >= 0.6 is 0 Å². The lowest BCUT2D eigenvalue weighted by molar-refractivity contribution is -0.00513. The van der Waals surface area contributed by atoms with Crippen molar-refractivity contribution in [2.24, 2.45) is 0 Å². The third-order valence-electron chi connectivity index (χ3n) is 5.30. The van der Waals surface area contributed by atoms with E-state index in [9.17, 15) is 4.39 Å². The van der Waals surface area contributed by atoms with E-state index in [1.54, 1.807) is 0 Å². The molecule has 6 heteroatoms. The van der Waals surface area contributed by atoms with Gasteiger partial charge in [0.25, 0.3) is 0 Å². The summed E-state index contributed by atoms with van der Waals surface area (Å²) in [4.78, 5) is 0. The molecule has 0 aromatic heterocycles. The van der Waals surface area contributed by atoms with E-state index in [4.69, 9.17) is 23.7 Å². The Bertz CT molecular complexity index is 512. The highest BCUT2D eigenvalue weighted by atomic mass is 19.1. The first-order valence-corrected chi connectivity index (χ1v) is 13.0. The number of ether oxygens (including phenoxy) is 5. The maximum absolute atomic E-state index is 11.8. The minimum absolute atomic E-state index is 0.131. The second kappa shape index (κ2) is 23.9. The molecule has 0 radical (unpaired) electrons. The van der Waals surface area contributed by atoms with Crippen LogP contribution in [0.25, 0.3) is 0 Å². The van der Waals surface area contributed by atoms with Crippen molar-refractivity contribution in [1.82, 2.24) is 0 Å². The Morgan fingerprint density at radius 3 is 1.58 bits per heavy atom. The number of benzene rings is 1. The second-order valence-electron chi connectivity index (χ2n) is 8.25. The molecule has 0 bridgehead atoms. The zero-order valence-electron chi connectivity index (χ0n) is 20.9. The number of halogens is 1. The number of unbranched alkanes of at least 4 members (excludes halogenated alkanes) is 9. The van der Waals surface area contributed by atoms with Crippen molar-refractivity contribution >= 4 is 0 Å². The highest BCUT2D eigenvalue weighted by molar-refractivity contribution is 5.26. The SMILES string of the molecule is CCCCCCCCCCCCOc1ccc(COCCOCCOCCOCCF)cc1. The van der Waals surface area contributed by atoms with Gasteiger partial charge in [0.15, 0.2) is 0 Å². The van der Waals surface area contributed by atoms with Crippen LogP contribution in [0.4, 0.5) is 4.39 Å². The molecule has 0 saturated heterocycles. The predicted octanol–water partition coefficient (Wildman–Crippen LogP) is 6.52. The van der Waals surface area contributed by atoms with Crippen LogP contribution in [0.15, 0.2) is 24.3 Å². The highest BCUT2D eigenvalue weighted by Crippen LogP contribution is 2.14. The van der Waals surface area contributed by atoms with Crippen LogP contribution in [0, 0.1) is 0 Å². The Kier molecular flexibility index (Phi) is 21.6. The van der Waals surface area contributed by atoms with Gasteiger partial charge in [-0.3, -0.25) is 0 Å². The molecule has 0 N–H and O–H groups in total. The van der Waals surface area contributed by atoms with Crippen molar-refractivity contribution in [1.29, 1.82) is 0 Å². The van der Waals surface area contributed by atoms with Crippen LogP contribution in [0.5, 0.6) is 5.75 Å². The molecule has 0 saturated carbocycles. The van der Waals surface area contributed by atoms with Crippen molar-refractivity contribution in [3.63, 3.8) is 0 Å². The number of alkyl halides is 1. The quantitative estimate of drug-likeness (QED) is 0.152. The van der Waals surface area contributed by atoms with Crippen LogP contribution in [0.1, 0.15) is 76.7 Å². The van der Waals surface area contributed by atoms with Gasteiger partial charge in [-0.2, -0.15) is 0 Å². The molecule has 0 aliphatic heterocycles. The fourth-order valence-electron chi connectivity index (χ4n) is 3.37. The molecule has 0 unspecified atom stereocenters. The summed E-state index contributed by atoms with van der Waals surface area (Å²) in [5.41, 5.74) is 1.12. The van der Waals surface area contributed by atoms with Crippen LogP contribution in [0.3, 0.4) is 0 Å². The van der Waals surface area contributed by atoms with E-state index >= 15 is 0 Å². The lowest BCUT2D eigenvalue weighted by Gasteiger charge is -2.09. The summed E-state index contributed by atoms with van der Waals surface area (Å²) in [7, 11) is 0. The summed E-state index contributed by atoms with van der Waals surface area (Å²) in [5.74, 6) is 0.924. The van der Waals surface area contributed by atoms with Gasteiger partial charge in [-0.1, -0.05) is 76.8 Å². The molecule has 0 amide bonds. The summed E-state index contributed by atoms with van der Waals surface area (Å²) in [6.07, 6.45) is 13.4. The minimum Gasteiger partial charge on any atom is -0.494 e. The van der Waals surface area contributed by atoms with E-state index in [0.29, 0.717) is 46.2 Å². The van der Waals surface area contributed by atoms with E-state index in [-0.39, 0.29) is 6.61 Å². The third kappa shape index (κ3) is 19.9. The standard InChI is InChI=1S/C27H47FO5/c1-2-3-4-5-6-7-8-9-10-11-17-33-27-14-12-26(13-15-27)25-32-24-23-31-22-21-30-20-19-29-18-16-28/h12-15H,2-11,16-25H2,1H3. The average Bonchev–Trinajstić information content (AvgIpc) is 2.84. The molecule has 0 spiro atoms. The highest BCUT2D eigenvalue weighted by Gasteiger charge is 1.98. The number of hydrogen-bond donors (Lipinski definition) is 0. The molecule has 0 atom stereocenters. The molecule has 192 valence electrons. The van der Waals surface area contributed by atoms with Gasteiger partial charge in [0.1, 0.15) is 12.4 Å². The largest absolute Gasteiger partial charge is 0.494 e. The summed E-state index contributed by atoms with van der Waals surface area (Å²) >= 11 is 0. The van der Waals surface area contributed by atoms with Crippen molar-refractivity contribution in [2.45, 2.75) is 77.7 Å². The van der Waals surface area contributed by atoms with Crippen LogP contribution in [-0.4, -0.2) is 59.5 Å². The number of hydrogen-bond acceptors (Lipinski definition) is 5. The molecule has 33 heavy (non-hydrogen) atoms. The van der Waals surface area contributed by atoms with E-state index < -0.39 is 6.67 Å². The van der Waals surface area contributed by atoms with Gasteiger partial charge in [0.05, 0.1) is 59.5 Å². The van der Waals surface area contributed by atoms with E-state index in [2.05, 4.69) is 6.92 Å². The molecule has 0 aliphatic rings. The molecule has 0 heterocycles. The fraction of sp³-hybridized carbons (Fsp3) is 0.778. The molecule has 0 aliphatic carbocycles. The molecule has 0 fully saturated rings. The third-order valence-corrected chi connectivity index (χ3v) is 5.30. The maximum atomic E-state index is 11.8. The van der Waals surface area contributed by atoms with Crippen molar-refractivity contribution in [3.05, 3.63) is 29.8 Å². The molecule has 1 aromatic rings. The lowest BCUT2D eigenvalue weighted by Crippen LogP contribution is -2.12. The average molecular weight is 471 g/mol. The zero-order chi connectivity index (χ0) is 23.7. The summed E-state index contributed by atoms with van der Waals surface area (Å²) in [6.45, 7) is 6.24. The van der Waals surface area contributed by atoms with Gasteiger partial charge in [-0.05, 0) is 24.1 Å². The van der Waals surface area contributed by atoms with Gasteiger partial charge in [-0.15, -0.1) is 0 Å². The predicted molar refractivity (Wildman–Crippen MR) is 132 cm³/mol. The summed E-state index contributed by atoms with van der Waals surface area (Å²) in [6, 6.07) is 8.13. The Balaban J connectivity index is 1.88. The fourth-order valence-corrected chi connectivity index (χ4v) is 3.37. The van der Waals surface area contributed by atoms with E-state index in [1.165, 1.54) is 57.8 Å². The van der Waals surface area contributed by atoms with Gasteiger partial charge < -0.3 is 23.7 Å². The first-order chi connectivity index (χ1) is 16.4. The van der Waals surface area contributed by atoms with Crippen molar-refractivity contribution < 1.29 is 28.1 Å². The lowest BCUT2D eigenvalue weighted by atomic mass is 10.1. The van der Waals surface area contributed by atoms with Crippen LogP contribution in [-0.2, 0) is 25.6 Å². The first-order valence-electron chi connectivity index (χ1n) is 13.0. The van der Waals surface area contributed by atoms with Gasteiger partial charge >= 0.3 is 0 Å².